The molecule has 0 heterocycles. The third kappa shape index (κ3) is 8.43. The van der Waals surface area contributed by atoms with E-state index >= 15 is 0 Å². The maximum atomic E-state index is 12.5. The summed E-state index contributed by atoms with van der Waals surface area (Å²) in [6.45, 7) is 8.11. The van der Waals surface area contributed by atoms with E-state index < -0.39 is 9.84 Å². The zero-order chi connectivity index (χ0) is 19.5. The number of rotatable bonds is 4. The predicted octanol–water partition coefficient (Wildman–Crippen LogP) is 4.32. The SMILES string of the molecule is C#C[C@@H](c1ccc(S(=O)(=O)c2ccccc2)cc1)C(C)C.CC.CO.I.O. The molecule has 6 heteroatoms. The first-order valence-corrected chi connectivity index (χ1v) is 9.76. The minimum atomic E-state index is -3.46. The van der Waals surface area contributed by atoms with Crippen LogP contribution in [-0.4, -0.2) is 26.1 Å². The Labute approximate surface area is 181 Å². The van der Waals surface area contributed by atoms with Crippen LogP contribution in [0.2, 0.25) is 0 Å². The number of hydrogen-bond donors (Lipinski definition) is 1. The monoisotopic (exact) mass is 506 g/mol. The summed E-state index contributed by atoms with van der Waals surface area (Å²) in [5, 5.41) is 7.00. The number of benzene rings is 2. The van der Waals surface area contributed by atoms with E-state index in [0.717, 1.165) is 12.7 Å². The average molecular weight is 506 g/mol. The number of terminal acetylenes is 1. The standard InChI is InChI=1S/C18H18O2S.C2H6.CH4O.HI.H2O/c1-4-18(14(2)3)15-10-12-17(13-11-15)21(19,20)16-8-6-5-7-9-16;2*1-2;;/h1,5-14,18H,2-3H3;1-2H3;2H,1H3;1H;1H2/t18-;;;;/m1..../s1. The van der Waals surface area contributed by atoms with Gasteiger partial charge < -0.3 is 10.6 Å². The average Bonchev–Trinajstić information content (AvgIpc) is 2.66. The first-order chi connectivity index (χ1) is 12.0. The fourth-order valence-corrected chi connectivity index (χ4v) is 3.55. The summed E-state index contributed by atoms with van der Waals surface area (Å²) in [6, 6.07) is 15.3. The highest BCUT2D eigenvalue weighted by atomic mass is 127. The molecule has 0 amide bonds. The van der Waals surface area contributed by atoms with Crippen LogP contribution < -0.4 is 0 Å². The summed E-state index contributed by atoms with van der Waals surface area (Å²) >= 11 is 0. The minimum Gasteiger partial charge on any atom is -0.412 e. The molecule has 0 fully saturated rings. The number of sulfone groups is 1. The zero-order valence-electron chi connectivity index (χ0n) is 16.5. The summed E-state index contributed by atoms with van der Waals surface area (Å²) in [6.07, 6.45) is 5.55. The van der Waals surface area contributed by atoms with Gasteiger partial charge in [-0.05, 0) is 35.7 Å². The van der Waals surface area contributed by atoms with Crippen LogP contribution in [0.3, 0.4) is 0 Å². The van der Waals surface area contributed by atoms with Crippen LogP contribution in [0.15, 0.2) is 64.4 Å². The van der Waals surface area contributed by atoms with E-state index in [4.69, 9.17) is 11.5 Å². The molecule has 1 atom stereocenters. The lowest BCUT2D eigenvalue weighted by molar-refractivity contribution is 0.399. The van der Waals surface area contributed by atoms with Crippen molar-refractivity contribution in [2.45, 2.75) is 43.4 Å². The molecule has 2 aromatic rings. The highest BCUT2D eigenvalue weighted by molar-refractivity contribution is 14.0. The molecule has 0 saturated carbocycles. The van der Waals surface area contributed by atoms with Crippen LogP contribution in [0.25, 0.3) is 0 Å². The van der Waals surface area contributed by atoms with Crippen LogP contribution in [0.4, 0.5) is 0 Å². The predicted molar refractivity (Wildman–Crippen MR) is 123 cm³/mol. The van der Waals surface area contributed by atoms with E-state index in [2.05, 4.69) is 19.8 Å². The van der Waals surface area contributed by atoms with E-state index in [9.17, 15) is 8.42 Å². The molecule has 2 rings (SSSR count). The fourth-order valence-electron chi connectivity index (χ4n) is 2.26. The summed E-state index contributed by atoms with van der Waals surface area (Å²) in [5.74, 6) is 3.07. The lowest BCUT2D eigenvalue weighted by Crippen LogP contribution is -2.06. The highest BCUT2D eigenvalue weighted by Gasteiger charge is 2.18. The molecule has 0 bridgehead atoms. The fraction of sp³-hybridized carbons (Fsp3) is 0.333. The molecule has 0 aliphatic rings. The first-order valence-electron chi connectivity index (χ1n) is 8.27. The number of aliphatic hydroxyl groups is 1. The van der Waals surface area contributed by atoms with Crippen molar-refractivity contribution < 1.29 is 19.0 Å². The molecule has 3 N–H and O–H groups in total. The van der Waals surface area contributed by atoms with Crippen LogP contribution in [0, 0.1) is 18.3 Å². The quantitative estimate of drug-likeness (QED) is 0.495. The lowest BCUT2D eigenvalue weighted by Gasteiger charge is -2.15. The Bertz CT molecular complexity index is 749. The molecule has 152 valence electrons. The van der Waals surface area contributed by atoms with E-state index in [-0.39, 0.29) is 40.3 Å². The van der Waals surface area contributed by atoms with Gasteiger partial charge in [0.25, 0.3) is 0 Å². The second-order valence-corrected chi connectivity index (χ2v) is 7.22. The number of halogens is 1. The maximum absolute atomic E-state index is 12.5. The van der Waals surface area contributed by atoms with Crippen molar-refractivity contribution >= 4 is 33.8 Å². The second kappa shape index (κ2) is 15.6. The largest absolute Gasteiger partial charge is 0.412 e. The third-order valence-electron chi connectivity index (χ3n) is 3.45. The van der Waals surface area contributed by atoms with Gasteiger partial charge in [-0.2, -0.15) is 0 Å². The number of aliphatic hydroxyl groups excluding tert-OH is 1. The molecule has 0 spiro atoms. The van der Waals surface area contributed by atoms with Gasteiger partial charge in [0.1, 0.15) is 0 Å². The number of hydrogen-bond acceptors (Lipinski definition) is 3. The molecule has 27 heavy (non-hydrogen) atoms. The molecule has 0 aliphatic heterocycles. The van der Waals surface area contributed by atoms with Gasteiger partial charge in [-0.3, -0.25) is 0 Å². The topological polar surface area (TPSA) is 85.9 Å². The van der Waals surface area contributed by atoms with Crippen molar-refractivity contribution in [3.05, 3.63) is 60.2 Å². The van der Waals surface area contributed by atoms with Gasteiger partial charge in [-0.1, -0.05) is 63.9 Å². The van der Waals surface area contributed by atoms with Crippen LogP contribution in [-0.2, 0) is 9.84 Å². The van der Waals surface area contributed by atoms with Crippen LogP contribution in [0.5, 0.6) is 0 Å². The third-order valence-corrected chi connectivity index (χ3v) is 5.23. The van der Waals surface area contributed by atoms with Gasteiger partial charge in [0.05, 0.1) is 9.79 Å². The van der Waals surface area contributed by atoms with Gasteiger partial charge in [0.2, 0.25) is 9.84 Å². The maximum Gasteiger partial charge on any atom is 0.206 e. The van der Waals surface area contributed by atoms with Gasteiger partial charge >= 0.3 is 0 Å². The smallest absolute Gasteiger partial charge is 0.206 e. The van der Waals surface area contributed by atoms with Crippen molar-refractivity contribution in [1.29, 1.82) is 0 Å². The molecule has 0 saturated heterocycles. The molecule has 0 unspecified atom stereocenters. The summed E-state index contributed by atoms with van der Waals surface area (Å²) < 4.78 is 25.0. The minimum absolute atomic E-state index is 0. The Hall–Kier alpha value is -1.40. The van der Waals surface area contributed by atoms with E-state index in [0.29, 0.717) is 10.8 Å². The molecule has 0 radical (unpaired) electrons. The Kier molecular flexibility index (Phi) is 17.6. The van der Waals surface area contributed by atoms with Crippen molar-refractivity contribution in [3.63, 3.8) is 0 Å². The summed E-state index contributed by atoms with van der Waals surface area (Å²) in [5.41, 5.74) is 0.972. The molecular formula is C21H31IO4S. The van der Waals surface area contributed by atoms with Crippen molar-refractivity contribution in [1.82, 2.24) is 0 Å². The van der Waals surface area contributed by atoms with Crippen LogP contribution in [0.1, 0.15) is 39.2 Å². The Morgan fingerprint density at radius 3 is 1.67 bits per heavy atom. The van der Waals surface area contributed by atoms with Crippen molar-refractivity contribution in [2.75, 3.05) is 7.11 Å². The van der Waals surface area contributed by atoms with Crippen molar-refractivity contribution in [3.8, 4) is 12.3 Å². The first kappa shape index (κ1) is 30.3. The molecule has 4 nitrogen and oxygen atoms in total. The van der Waals surface area contributed by atoms with E-state index in [1.54, 1.807) is 54.6 Å². The van der Waals surface area contributed by atoms with Gasteiger partial charge in [-0.25, -0.2) is 8.42 Å². The normalized spacial score (nSPS) is 10.4. The van der Waals surface area contributed by atoms with Gasteiger partial charge in [0, 0.05) is 13.0 Å². The molecule has 2 aromatic carbocycles. The van der Waals surface area contributed by atoms with Crippen molar-refractivity contribution in [2.24, 2.45) is 5.92 Å². The Morgan fingerprint density at radius 2 is 1.30 bits per heavy atom. The van der Waals surface area contributed by atoms with Crippen LogP contribution >= 0.6 is 24.0 Å². The molecule has 0 aliphatic carbocycles. The second-order valence-electron chi connectivity index (χ2n) is 5.27. The Balaban J connectivity index is -0.000000899. The van der Waals surface area contributed by atoms with Gasteiger partial charge in [0.15, 0.2) is 0 Å². The zero-order valence-corrected chi connectivity index (χ0v) is 19.7. The Morgan fingerprint density at radius 1 is 0.889 bits per heavy atom. The van der Waals surface area contributed by atoms with E-state index in [1.807, 2.05) is 13.8 Å². The van der Waals surface area contributed by atoms with E-state index in [1.165, 1.54) is 0 Å². The summed E-state index contributed by atoms with van der Waals surface area (Å²) in [7, 11) is -2.46. The highest BCUT2D eigenvalue weighted by Crippen LogP contribution is 2.26. The lowest BCUT2D eigenvalue weighted by atomic mass is 9.89. The molecule has 0 aromatic heterocycles. The van der Waals surface area contributed by atoms with Gasteiger partial charge in [-0.15, -0.1) is 30.4 Å². The molecular weight excluding hydrogens is 475 g/mol. The summed E-state index contributed by atoms with van der Waals surface area (Å²) in [4.78, 5) is 0.590.